The molecule has 6 aromatic rings. The van der Waals surface area contributed by atoms with Gasteiger partial charge in [-0.15, -0.1) is 0 Å². The summed E-state index contributed by atoms with van der Waals surface area (Å²) in [6.07, 6.45) is 4.80. The molecule has 1 aliphatic carbocycles. The summed E-state index contributed by atoms with van der Waals surface area (Å²) in [6, 6.07) is 61.4. The van der Waals surface area contributed by atoms with E-state index in [1.807, 2.05) is 0 Å². The first-order valence-corrected chi connectivity index (χ1v) is 16.2. The molecular formula is C43H40N2. The number of para-hydroxylation sites is 4. The second kappa shape index (κ2) is 12.9. The Morgan fingerprint density at radius 2 is 0.644 bits per heavy atom. The lowest BCUT2D eigenvalue weighted by atomic mass is 9.63. The maximum Gasteiger partial charge on any atom is 0.0461 e. The van der Waals surface area contributed by atoms with Crippen LogP contribution in [-0.2, 0) is 5.41 Å². The normalized spacial score (nSPS) is 14.5. The zero-order valence-electron chi connectivity index (χ0n) is 26.0. The third-order valence-electron chi connectivity index (χ3n) is 9.54. The minimum absolute atomic E-state index is 0.00177. The maximum atomic E-state index is 2.41. The van der Waals surface area contributed by atoms with Gasteiger partial charge in [0.1, 0.15) is 0 Å². The molecular weight excluding hydrogens is 544 g/mol. The fraction of sp³-hybridized carbons (Fsp3) is 0.163. The third kappa shape index (κ3) is 5.89. The van der Waals surface area contributed by atoms with E-state index in [-0.39, 0.29) is 5.41 Å². The highest BCUT2D eigenvalue weighted by Gasteiger charge is 2.37. The lowest BCUT2D eigenvalue weighted by molar-refractivity contribution is 0.280. The van der Waals surface area contributed by atoms with Gasteiger partial charge in [0.05, 0.1) is 0 Å². The van der Waals surface area contributed by atoms with E-state index in [9.17, 15) is 0 Å². The summed E-state index contributed by atoms with van der Waals surface area (Å²) in [6.45, 7) is 2.41. The SMILES string of the molecule is CC1CCC(c2ccc(N(c3ccccc3)c3ccccc3)cc2)(c2ccc(N(c3ccccc3)c3ccccc3)cc2)CC1. The average Bonchev–Trinajstić information content (AvgIpc) is 3.12. The highest BCUT2D eigenvalue weighted by atomic mass is 15.1. The highest BCUT2D eigenvalue weighted by molar-refractivity contribution is 5.78. The van der Waals surface area contributed by atoms with Crippen molar-refractivity contribution in [2.45, 2.75) is 38.0 Å². The number of rotatable bonds is 8. The van der Waals surface area contributed by atoms with Crippen molar-refractivity contribution in [3.05, 3.63) is 181 Å². The molecule has 1 saturated carbocycles. The van der Waals surface area contributed by atoms with Gasteiger partial charge in [0.15, 0.2) is 0 Å². The predicted molar refractivity (Wildman–Crippen MR) is 191 cm³/mol. The molecule has 0 unspecified atom stereocenters. The zero-order valence-corrected chi connectivity index (χ0v) is 26.0. The molecule has 2 nitrogen and oxygen atoms in total. The van der Waals surface area contributed by atoms with Crippen molar-refractivity contribution in [2.75, 3.05) is 9.80 Å². The van der Waals surface area contributed by atoms with E-state index in [1.165, 1.54) is 35.3 Å². The molecule has 2 heteroatoms. The lowest BCUT2D eigenvalue weighted by Crippen LogP contribution is -2.32. The Morgan fingerprint density at radius 3 is 0.933 bits per heavy atom. The predicted octanol–water partition coefficient (Wildman–Crippen LogP) is 12.1. The number of hydrogen-bond acceptors (Lipinski definition) is 2. The van der Waals surface area contributed by atoms with Crippen molar-refractivity contribution in [1.29, 1.82) is 0 Å². The first-order valence-electron chi connectivity index (χ1n) is 16.2. The molecule has 6 aromatic carbocycles. The molecule has 1 fully saturated rings. The van der Waals surface area contributed by atoms with Gasteiger partial charge in [-0.3, -0.25) is 0 Å². The third-order valence-corrected chi connectivity index (χ3v) is 9.54. The Balaban J connectivity index is 1.26. The smallest absolute Gasteiger partial charge is 0.0461 e. The van der Waals surface area contributed by atoms with Gasteiger partial charge in [0.2, 0.25) is 0 Å². The summed E-state index contributed by atoms with van der Waals surface area (Å²) in [5.41, 5.74) is 9.82. The summed E-state index contributed by atoms with van der Waals surface area (Å²) in [5, 5.41) is 0. The molecule has 0 radical (unpaired) electrons. The minimum atomic E-state index is -0.00177. The molecule has 0 bridgehead atoms. The monoisotopic (exact) mass is 584 g/mol. The summed E-state index contributed by atoms with van der Waals surface area (Å²) in [7, 11) is 0. The van der Waals surface area contributed by atoms with E-state index in [4.69, 9.17) is 0 Å². The molecule has 1 aliphatic rings. The zero-order chi connectivity index (χ0) is 30.5. The fourth-order valence-corrected chi connectivity index (χ4v) is 7.06. The van der Waals surface area contributed by atoms with E-state index in [0.29, 0.717) is 0 Å². The van der Waals surface area contributed by atoms with E-state index >= 15 is 0 Å². The van der Waals surface area contributed by atoms with Gasteiger partial charge < -0.3 is 9.80 Å². The standard InChI is InChI=1S/C43H40N2/c1-34-30-32-43(33-31-34,35-22-26-41(27-23-35)44(37-14-6-2-7-15-37)38-16-8-3-9-17-38)36-24-28-42(29-25-36)45(39-18-10-4-11-19-39)40-20-12-5-13-21-40/h2-29,34H,30-33H2,1H3. The molecule has 0 heterocycles. The van der Waals surface area contributed by atoms with E-state index in [0.717, 1.165) is 41.5 Å². The van der Waals surface area contributed by atoms with Crippen LogP contribution in [0.3, 0.4) is 0 Å². The first kappa shape index (κ1) is 28.7. The Bertz CT molecular complexity index is 1570. The highest BCUT2D eigenvalue weighted by Crippen LogP contribution is 2.48. The topological polar surface area (TPSA) is 6.48 Å². The number of anilines is 6. The van der Waals surface area contributed by atoms with Gasteiger partial charge in [-0.1, -0.05) is 104 Å². The van der Waals surface area contributed by atoms with Crippen molar-refractivity contribution in [3.63, 3.8) is 0 Å². The van der Waals surface area contributed by atoms with Crippen LogP contribution in [0.5, 0.6) is 0 Å². The van der Waals surface area contributed by atoms with Crippen LogP contribution in [0.15, 0.2) is 170 Å². The van der Waals surface area contributed by atoms with Gasteiger partial charge in [0, 0.05) is 39.5 Å². The summed E-state index contributed by atoms with van der Waals surface area (Å²) in [4.78, 5) is 4.69. The molecule has 0 N–H and O–H groups in total. The van der Waals surface area contributed by atoms with Gasteiger partial charge in [0.25, 0.3) is 0 Å². The Morgan fingerprint density at radius 1 is 0.378 bits per heavy atom. The van der Waals surface area contributed by atoms with Gasteiger partial charge in [-0.2, -0.15) is 0 Å². The summed E-state index contributed by atoms with van der Waals surface area (Å²) in [5.74, 6) is 0.759. The largest absolute Gasteiger partial charge is 0.311 e. The second-order valence-electron chi connectivity index (χ2n) is 12.4. The number of nitrogens with zero attached hydrogens (tertiary/aromatic N) is 2. The quantitative estimate of drug-likeness (QED) is 0.176. The van der Waals surface area contributed by atoms with Crippen LogP contribution in [0.2, 0.25) is 0 Å². The van der Waals surface area contributed by atoms with Crippen molar-refractivity contribution in [1.82, 2.24) is 0 Å². The number of hydrogen-bond donors (Lipinski definition) is 0. The fourth-order valence-electron chi connectivity index (χ4n) is 7.06. The van der Waals surface area contributed by atoms with Crippen LogP contribution >= 0.6 is 0 Å². The van der Waals surface area contributed by atoms with Crippen LogP contribution in [0.1, 0.15) is 43.7 Å². The molecule has 45 heavy (non-hydrogen) atoms. The van der Waals surface area contributed by atoms with Crippen LogP contribution in [0.4, 0.5) is 34.1 Å². The number of benzene rings is 6. The average molecular weight is 585 g/mol. The van der Waals surface area contributed by atoms with Gasteiger partial charge >= 0.3 is 0 Å². The molecule has 0 aliphatic heterocycles. The van der Waals surface area contributed by atoms with Crippen LogP contribution in [-0.4, -0.2) is 0 Å². The van der Waals surface area contributed by atoms with E-state index in [2.05, 4.69) is 187 Å². The van der Waals surface area contributed by atoms with Gasteiger partial charge in [-0.05, 0) is 116 Å². The van der Waals surface area contributed by atoms with Crippen LogP contribution < -0.4 is 9.80 Å². The molecule has 0 spiro atoms. The van der Waals surface area contributed by atoms with Crippen molar-refractivity contribution < 1.29 is 0 Å². The van der Waals surface area contributed by atoms with Crippen molar-refractivity contribution >= 4 is 34.1 Å². The maximum absolute atomic E-state index is 2.41. The summed E-state index contributed by atoms with van der Waals surface area (Å²) >= 11 is 0. The Kier molecular flexibility index (Phi) is 8.21. The first-order chi connectivity index (χ1) is 22.2. The molecule has 0 amide bonds. The molecule has 222 valence electrons. The lowest BCUT2D eigenvalue weighted by Gasteiger charge is -2.41. The van der Waals surface area contributed by atoms with E-state index in [1.54, 1.807) is 0 Å². The van der Waals surface area contributed by atoms with Gasteiger partial charge in [-0.25, -0.2) is 0 Å². The Hall–Kier alpha value is -5.08. The van der Waals surface area contributed by atoms with Crippen LogP contribution in [0.25, 0.3) is 0 Å². The molecule has 0 atom stereocenters. The summed E-state index contributed by atoms with van der Waals surface area (Å²) < 4.78 is 0. The molecule has 0 aromatic heterocycles. The van der Waals surface area contributed by atoms with Crippen molar-refractivity contribution in [3.8, 4) is 0 Å². The van der Waals surface area contributed by atoms with E-state index < -0.39 is 0 Å². The molecule has 0 saturated heterocycles. The Labute approximate surface area is 268 Å². The second-order valence-corrected chi connectivity index (χ2v) is 12.4. The van der Waals surface area contributed by atoms with Crippen molar-refractivity contribution in [2.24, 2.45) is 5.92 Å². The molecule has 7 rings (SSSR count). The minimum Gasteiger partial charge on any atom is -0.311 e. The van der Waals surface area contributed by atoms with Crippen LogP contribution in [0, 0.1) is 5.92 Å².